The molecule has 0 aromatic carbocycles. The molecule has 1 N–H and O–H groups in total. The molecule has 22 heavy (non-hydrogen) atoms. The Labute approximate surface area is 131 Å². The Bertz CT molecular complexity index is 547. The minimum Gasteiger partial charge on any atom is -0.481 e. The maximum absolute atomic E-state index is 13.2. The Kier molecular flexibility index (Phi) is 3.21. The van der Waals surface area contributed by atoms with E-state index >= 15 is 0 Å². The molecule has 0 aromatic heterocycles. The van der Waals surface area contributed by atoms with Gasteiger partial charge in [-0.05, 0) is 31.1 Å². The first-order valence-electron chi connectivity index (χ1n) is 8.21. The van der Waals surface area contributed by atoms with Gasteiger partial charge in [-0.3, -0.25) is 14.4 Å². The van der Waals surface area contributed by atoms with Gasteiger partial charge in [0.15, 0.2) is 0 Å². The smallest absolute Gasteiger partial charge is 0.306 e. The van der Waals surface area contributed by atoms with Crippen molar-refractivity contribution in [1.82, 2.24) is 4.90 Å². The number of piperidine rings is 1. The lowest BCUT2D eigenvalue weighted by Gasteiger charge is -2.43. The average Bonchev–Trinajstić information content (AvgIpc) is 2.77. The van der Waals surface area contributed by atoms with Crippen LogP contribution in [0.25, 0.3) is 0 Å². The van der Waals surface area contributed by atoms with E-state index in [1.54, 1.807) is 0 Å². The van der Waals surface area contributed by atoms with Crippen LogP contribution in [0.2, 0.25) is 0 Å². The summed E-state index contributed by atoms with van der Waals surface area (Å²) in [5.74, 6) is -0.808. The van der Waals surface area contributed by atoms with Gasteiger partial charge in [0.1, 0.15) is 5.78 Å². The van der Waals surface area contributed by atoms with Gasteiger partial charge in [-0.2, -0.15) is 0 Å². The molecule has 1 aliphatic heterocycles. The highest BCUT2D eigenvalue weighted by Gasteiger charge is 2.73. The first-order valence-corrected chi connectivity index (χ1v) is 8.21. The molecule has 2 atom stereocenters. The standard InChI is InChI=1S/C17H25NO4/c1-15(2)16(3)6-7-17(15,10-12(16)19)14(22)18-8-4-11(5-9-18)13(20)21/h11H,4-10H2,1-3H3,(H,20,21). The minimum absolute atomic E-state index is 0.0795. The zero-order valence-corrected chi connectivity index (χ0v) is 13.6. The number of nitrogens with zero attached hydrogens (tertiary/aromatic N) is 1. The second-order valence-corrected chi connectivity index (χ2v) is 8.04. The molecule has 3 rings (SSSR count). The van der Waals surface area contributed by atoms with Gasteiger partial charge < -0.3 is 10.0 Å². The summed E-state index contributed by atoms with van der Waals surface area (Å²) in [6.45, 7) is 7.13. The van der Waals surface area contributed by atoms with Crippen LogP contribution < -0.4 is 0 Å². The van der Waals surface area contributed by atoms with Crippen LogP contribution in [-0.4, -0.2) is 40.8 Å². The molecule has 0 radical (unpaired) electrons. The van der Waals surface area contributed by atoms with Crippen molar-refractivity contribution >= 4 is 17.7 Å². The van der Waals surface area contributed by atoms with E-state index < -0.39 is 11.4 Å². The van der Waals surface area contributed by atoms with Crippen LogP contribution in [0.1, 0.15) is 52.9 Å². The van der Waals surface area contributed by atoms with Crippen LogP contribution in [0.4, 0.5) is 0 Å². The van der Waals surface area contributed by atoms with Crippen molar-refractivity contribution in [3.8, 4) is 0 Å². The van der Waals surface area contributed by atoms with Gasteiger partial charge in [-0.15, -0.1) is 0 Å². The Morgan fingerprint density at radius 3 is 2.14 bits per heavy atom. The normalized spacial score (nSPS) is 37.6. The summed E-state index contributed by atoms with van der Waals surface area (Å²) < 4.78 is 0. The van der Waals surface area contributed by atoms with E-state index in [0.29, 0.717) is 32.4 Å². The summed E-state index contributed by atoms with van der Waals surface area (Å²) in [7, 11) is 0. The van der Waals surface area contributed by atoms with Gasteiger partial charge in [-0.25, -0.2) is 0 Å². The minimum atomic E-state index is -0.768. The zero-order chi connectivity index (χ0) is 16.3. The van der Waals surface area contributed by atoms with Crippen LogP contribution in [0.5, 0.6) is 0 Å². The Morgan fingerprint density at radius 2 is 1.73 bits per heavy atom. The fourth-order valence-corrected chi connectivity index (χ4v) is 4.97. The Balaban J connectivity index is 1.82. The second-order valence-electron chi connectivity index (χ2n) is 8.04. The number of rotatable bonds is 2. The SMILES string of the molecule is CC12CCC(C(=O)N3CCC(C(=O)O)CC3)(CC1=O)C2(C)C. The number of carboxylic acid groups (broad SMARTS) is 1. The molecule has 2 unspecified atom stereocenters. The van der Waals surface area contributed by atoms with Gasteiger partial charge in [0, 0.05) is 24.9 Å². The van der Waals surface area contributed by atoms with Crippen molar-refractivity contribution in [2.45, 2.75) is 52.9 Å². The summed E-state index contributed by atoms with van der Waals surface area (Å²) in [4.78, 5) is 38.5. The van der Waals surface area contributed by atoms with E-state index in [9.17, 15) is 14.4 Å². The number of carboxylic acids is 1. The molecule has 2 bridgehead atoms. The number of carbonyl (C=O) groups excluding carboxylic acids is 2. The van der Waals surface area contributed by atoms with E-state index in [4.69, 9.17) is 5.11 Å². The number of hydrogen-bond donors (Lipinski definition) is 1. The van der Waals surface area contributed by atoms with Crippen molar-refractivity contribution in [3.63, 3.8) is 0 Å². The lowest BCUT2D eigenvalue weighted by Crippen LogP contribution is -2.51. The van der Waals surface area contributed by atoms with Gasteiger partial charge in [0.25, 0.3) is 0 Å². The highest BCUT2D eigenvalue weighted by atomic mass is 16.4. The fourth-order valence-electron chi connectivity index (χ4n) is 4.97. The van der Waals surface area contributed by atoms with Gasteiger partial charge in [0.05, 0.1) is 11.3 Å². The molecule has 1 heterocycles. The molecule has 1 amide bonds. The highest BCUT2D eigenvalue weighted by Crippen LogP contribution is 2.71. The van der Waals surface area contributed by atoms with E-state index in [1.807, 2.05) is 11.8 Å². The van der Waals surface area contributed by atoms with Crippen LogP contribution in [0, 0.1) is 22.2 Å². The number of ketones is 1. The second kappa shape index (κ2) is 4.56. The van der Waals surface area contributed by atoms with Crippen molar-refractivity contribution in [2.24, 2.45) is 22.2 Å². The first-order chi connectivity index (χ1) is 10.2. The molecular weight excluding hydrogens is 282 g/mol. The number of fused-ring (bicyclic) bond motifs is 2. The summed E-state index contributed by atoms with van der Waals surface area (Å²) in [6.07, 6.45) is 2.95. The lowest BCUT2D eigenvalue weighted by molar-refractivity contribution is -0.152. The maximum Gasteiger partial charge on any atom is 0.306 e. The van der Waals surface area contributed by atoms with Gasteiger partial charge >= 0.3 is 5.97 Å². The third-order valence-electron chi connectivity index (χ3n) is 7.25. The van der Waals surface area contributed by atoms with Gasteiger partial charge in [0.2, 0.25) is 5.91 Å². The van der Waals surface area contributed by atoms with Crippen molar-refractivity contribution in [3.05, 3.63) is 0 Å². The average molecular weight is 307 g/mol. The number of Topliss-reactive ketones (excluding diaryl/α,β-unsaturated/α-hetero) is 1. The molecule has 0 aromatic rings. The number of carbonyl (C=O) groups is 3. The van der Waals surface area contributed by atoms with E-state index in [0.717, 1.165) is 12.8 Å². The molecule has 5 heteroatoms. The van der Waals surface area contributed by atoms with Crippen LogP contribution in [-0.2, 0) is 14.4 Å². The summed E-state index contributed by atoms with van der Waals surface area (Å²) >= 11 is 0. The van der Waals surface area contributed by atoms with Crippen LogP contribution in [0.15, 0.2) is 0 Å². The van der Waals surface area contributed by atoms with E-state index in [2.05, 4.69) is 13.8 Å². The molecule has 5 nitrogen and oxygen atoms in total. The molecule has 0 spiro atoms. The summed E-state index contributed by atoms with van der Waals surface area (Å²) in [5, 5.41) is 9.08. The Morgan fingerprint density at radius 1 is 1.14 bits per heavy atom. The van der Waals surface area contributed by atoms with Crippen LogP contribution in [0.3, 0.4) is 0 Å². The predicted molar refractivity (Wildman–Crippen MR) is 80.1 cm³/mol. The number of likely N-dealkylation sites (tertiary alicyclic amines) is 1. The highest BCUT2D eigenvalue weighted by molar-refractivity contribution is 5.99. The topological polar surface area (TPSA) is 74.7 Å². The molecule has 2 aliphatic carbocycles. The summed E-state index contributed by atoms with van der Waals surface area (Å²) in [5.41, 5.74) is -1.28. The molecular formula is C17H25NO4. The number of amides is 1. The third-order valence-corrected chi connectivity index (χ3v) is 7.25. The summed E-state index contributed by atoms with van der Waals surface area (Å²) in [6, 6.07) is 0. The maximum atomic E-state index is 13.2. The monoisotopic (exact) mass is 307 g/mol. The molecule has 3 aliphatic rings. The van der Waals surface area contributed by atoms with Crippen molar-refractivity contribution in [1.29, 1.82) is 0 Å². The fraction of sp³-hybridized carbons (Fsp3) is 0.824. The van der Waals surface area contributed by atoms with Crippen molar-refractivity contribution in [2.75, 3.05) is 13.1 Å². The lowest BCUT2D eigenvalue weighted by atomic mass is 9.64. The predicted octanol–water partition coefficient (Wildman–Crippen LogP) is 2.10. The van der Waals surface area contributed by atoms with Gasteiger partial charge in [-0.1, -0.05) is 20.8 Å². The molecule has 3 fully saturated rings. The molecule has 122 valence electrons. The number of hydrogen-bond acceptors (Lipinski definition) is 3. The van der Waals surface area contributed by atoms with Crippen molar-refractivity contribution < 1.29 is 19.5 Å². The quantitative estimate of drug-likeness (QED) is 0.847. The van der Waals surface area contributed by atoms with E-state index in [1.165, 1.54) is 0 Å². The largest absolute Gasteiger partial charge is 0.481 e. The van der Waals surface area contributed by atoms with E-state index in [-0.39, 0.29) is 28.4 Å². The molecule has 2 saturated carbocycles. The molecule has 1 saturated heterocycles. The number of aliphatic carboxylic acids is 1. The first kappa shape index (κ1) is 15.5. The van der Waals surface area contributed by atoms with Crippen LogP contribution >= 0.6 is 0 Å². The third kappa shape index (κ3) is 1.68. The zero-order valence-electron chi connectivity index (χ0n) is 13.6. The Hall–Kier alpha value is -1.39.